The highest BCUT2D eigenvalue weighted by Crippen LogP contribution is 2.28. The van der Waals surface area contributed by atoms with Crippen LogP contribution in [0, 0.1) is 6.92 Å². The van der Waals surface area contributed by atoms with E-state index >= 15 is 0 Å². The maximum absolute atomic E-state index is 5.30. The number of rotatable bonds is 6. The van der Waals surface area contributed by atoms with Crippen molar-refractivity contribution >= 4 is 0 Å². The molecule has 102 valence electrons. The number of methoxy groups -OCH3 is 2. The van der Waals surface area contributed by atoms with Crippen molar-refractivity contribution in [3.8, 4) is 11.5 Å². The summed E-state index contributed by atoms with van der Waals surface area (Å²) in [4.78, 5) is 8.36. The van der Waals surface area contributed by atoms with Gasteiger partial charge in [0.2, 0.25) is 5.89 Å². The van der Waals surface area contributed by atoms with Crippen molar-refractivity contribution in [2.24, 2.45) is 0 Å². The van der Waals surface area contributed by atoms with Crippen LogP contribution in [0.1, 0.15) is 17.4 Å². The fourth-order valence-corrected chi connectivity index (χ4v) is 1.68. The Morgan fingerprint density at radius 1 is 1.26 bits per heavy atom. The van der Waals surface area contributed by atoms with E-state index in [1.807, 2.05) is 0 Å². The lowest BCUT2D eigenvalue weighted by molar-refractivity contribution is 0.345. The summed E-state index contributed by atoms with van der Waals surface area (Å²) in [6.45, 7) is 2.77. The lowest BCUT2D eigenvalue weighted by Crippen LogP contribution is -2.15. The Bertz CT molecular complexity index is 542. The average Bonchev–Trinajstić information content (AvgIpc) is 2.84. The Balaban J connectivity index is 1.99. The van der Waals surface area contributed by atoms with Crippen molar-refractivity contribution in [3.05, 3.63) is 29.7 Å². The van der Waals surface area contributed by atoms with Crippen LogP contribution < -0.4 is 14.8 Å². The second kappa shape index (κ2) is 6.14. The van der Waals surface area contributed by atoms with E-state index in [9.17, 15) is 0 Å². The third kappa shape index (κ3) is 3.19. The van der Waals surface area contributed by atoms with Gasteiger partial charge in [-0.05, 0) is 6.92 Å². The molecule has 0 aromatic carbocycles. The normalized spacial score (nSPS) is 10.5. The van der Waals surface area contributed by atoms with E-state index in [0.717, 1.165) is 5.69 Å². The minimum atomic E-state index is 0.475. The lowest BCUT2D eigenvalue weighted by atomic mass is 10.3. The van der Waals surface area contributed by atoms with E-state index in [1.165, 1.54) is 0 Å². The van der Waals surface area contributed by atoms with E-state index < -0.39 is 0 Å². The molecule has 0 amide bonds. The molecule has 2 rings (SSSR count). The number of pyridine rings is 1. The molecule has 0 atom stereocenters. The molecule has 2 aromatic heterocycles. The van der Waals surface area contributed by atoms with Crippen molar-refractivity contribution in [2.45, 2.75) is 20.0 Å². The monoisotopic (exact) mass is 264 g/mol. The third-order valence-corrected chi connectivity index (χ3v) is 2.50. The molecule has 0 bridgehead atoms. The van der Waals surface area contributed by atoms with Gasteiger partial charge in [0.05, 0.1) is 26.5 Å². The van der Waals surface area contributed by atoms with Crippen LogP contribution in [-0.4, -0.2) is 29.3 Å². The summed E-state index contributed by atoms with van der Waals surface area (Å²) < 4.78 is 15.5. The van der Waals surface area contributed by atoms with Gasteiger partial charge in [-0.15, -0.1) is 0 Å². The highest BCUT2D eigenvalue weighted by atomic mass is 16.5. The van der Waals surface area contributed by atoms with E-state index in [2.05, 4.69) is 20.4 Å². The number of nitrogens with zero attached hydrogens (tertiary/aromatic N) is 3. The zero-order chi connectivity index (χ0) is 13.7. The van der Waals surface area contributed by atoms with Gasteiger partial charge in [-0.25, -0.2) is 0 Å². The van der Waals surface area contributed by atoms with E-state index in [1.54, 1.807) is 33.4 Å². The molecule has 7 heteroatoms. The maximum Gasteiger partial charge on any atom is 0.240 e. The maximum atomic E-state index is 5.30. The molecule has 0 radical (unpaired) electrons. The van der Waals surface area contributed by atoms with E-state index in [-0.39, 0.29) is 0 Å². The smallest absolute Gasteiger partial charge is 0.240 e. The molecular weight excluding hydrogens is 248 g/mol. The SMILES string of the molecule is COc1ccnc(CNCc2nc(C)no2)c1OC. The van der Waals surface area contributed by atoms with Crippen LogP contribution in [0.2, 0.25) is 0 Å². The first-order valence-corrected chi connectivity index (χ1v) is 5.80. The van der Waals surface area contributed by atoms with Gasteiger partial charge < -0.3 is 19.3 Å². The topological polar surface area (TPSA) is 82.3 Å². The second-order valence-corrected chi connectivity index (χ2v) is 3.83. The van der Waals surface area contributed by atoms with Crippen LogP contribution in [0.5, 0.6) is 11.5 Å². The molecular formula is C12H16N4O3. The van der Waals surface area contributed by atoms with Crippen LogP contribution in [0.15, 0.2) is 16.8 Å². The van der Waals surface area contributed by atoms with Gasteiger partial charge in [0.1, 0.15) is 0 Å². The first-order chi connectivity index (χ1) is 9.24. The first-order valence-electron chi connectivity index (χ1n) is 5.80. The van der Waals surface area contributed by atoms with Gasteiger partial charge in [0, 0.05) is 18.8 Å². The number of aromatic nitrogens is 3. The van der Waals surface area contributed by atoms with Crippen LogP contribution >= 0.6 is 0 Å². The van der Waals surface area contributed by atoms with Crippen LogP contribution in [-0.2, 0) is 13.1 Å². The Morgan fingerprint density at radius 3 is 2.74 bits per heavy atom. The van der Waals surface area contributed by atoms with E-state index in [0.29, 0.717) is 36.3 Å². The Labute approximate surface area is 110 Å². The summed E-state index contributed by atoms with van der Waals surface area (Å²) in [5.41, 5.74) is 0.762. The number of hydrogen-bond acceptors (Lipinski definition) is 7. The Hall–Kier alpha value is -2.15. The number of hydrogen-bond donors (Lipinski definition) is 1. The molecule has 2 aromatic rings. The fraction of sp³-hybridized carbons (Fsp3) is 0.417. The van der Waals surface area contributed by atoms with Gasteiger partial charge in [-0.1, -0.05) is 5.16 Å². The van der Waals surface area contributed by atoms with Gasteiger partial charge in [0.15, 0.2) is 17.3 Å². The highest BCUT2D eigenvalue weighted by Gasteiger charge is 2.11. The molecule has 0 unspecified atom stereocenters. The third-order valence-electron chi connectivity index (χ3n) is 2.50. The molecule has 0 saturated heterocycles. The molecule has 0 aliphatic rings. The summed E-state index contributed by atoms with van der Waals surface area (Å²) in [5.74, 6) is 2.44. The van der Waals surface area contributed by atoms with Crippen LogP contribution in [0.3, 0.4) is 0 Å². The zero-order valence-corrected chi connectivity index (χ0v) is 11.1. The minimum Gasteiger partial charge on any atom is -0.493 e. The summed E-state index contributed by atoms with van der Waals surface area (Å²) >= 11 is 0. The highest BCUT2D eigenvalue weighted by molar-refractivity contribution is 5.42. The van der Waals surface area contributed by atoms with Crippen LogP contribution in [0.4, 0.5) is 0 Å². The van der Waals surface area contributed by atoms with Crippen molar-refractivity contribution < 1.29 is 14.0 Å². The predicted octanol–water partition coefficient (Wildman–Crippen LogP) is 1.08. The second-order valence-electron chi connectivity index (χ2n) is 3.83. The van der Waals surface area contributed by atoms with Crippen LogP contribution in [0.25, 0.3) is 0 Å². The molecule has 0 aliphatic heterocycles. The largest absolute Gasteiger partial charge is 0.493 e. The van der Waals surface area contributed by atoms with Gasteiger partial charge in [0.25, 0.3) is 0 Å². The van der Waals surface area contributed by atoms with Gasteiger partial charge in [-0.2, -0.15) is 4.98 Å². The number of ether oxygens (including phenoxy) is 2. The Morgan fingerprint density at radius 2 is 2.11 bits per heavy atom. The molecule has 0 aliphatic carbocycles. The summed E-state index contributed by atoms with van der Waals surface area (Å²) in [6.07, 6.45) is 1.68. The van der Waals surface area contributed by atoms with Gasteiger partial charge >= 0.3 is 0 Å². The molecule has 1 N–H and O–H groups in total. The predicted molar refractivity (Wildman–Crippen MR) is 66.9 cm³/mol. The molecule has 19 heavy (non-hydrogen) atoms. The van der Waals surface area contributed by atoms with E-state index in [4.69, 9.17) is 14.0 Å². The standard InChI is InChI=1S/C12H16N4O3/c1-8-15-11(19-16-8)7-13-6-9-12(18-3)10(17-2)4-5-14-9/h4-5,13H,6-7H2,1-3H3. The van der Waals surface area contributed by atoms with Crippen molar-refractivity contribution in [3.63, 3.8) is 0 Å². The van der Waals surface area contributed by atoms with Crippen molar-refractivity contribution in [2.75, 3.05) is 14.2 Å². The number of aryl methyl sites for hydroxylation is 1. The van der Waals surface area contributed by atoms with Gasteiger partial charge in [-0.3, -0.25) is 4.98 Å². The quantitative estimate of drug-likeness (QED) is 0.835. The minimum absolute atomic E-state index is 0.475. The molecule has 0 spiro atoms. The van der Waals surface area contributed by atoms with Crippen molar-refractivity contribution in [1.82, 2.24) is 20.4 Å². The Kier molecular flexibility index (Phi) is 4.30. The summed E-state index contributed by atoms with van der Waals surface area (Å²) in [5, 5.41) is 6.88. The van der Waals surface area contributed by atoms with Crippen molar-refractivity contribution in [1.29, 1.82) is 0 Å². The fourth-order valence-electron chi connectivity index (χ4n) is 1.68. The summed E-state index contributed by atoms with van der Waals surface area (Å²) in [6, 6.07) is 1.75. The molecule has 0 fully saturated rings. The first kappa shape index (κ1) is 13.3. The molecule has 2 heterocycles. The average molecular weight is 264 g/mol. The molecule has 7 nitrogen and oxygen atoms in total. The lowest BCUT2D eigenvalue weighted by Gasteiger charge is -2.11. The number of nitrogens with one attached hydrogen (secondary N) is 1. The zero-order valence-electron chi connectivity index (χ0n) is 11.1. The summed E-state index contributed by atoms with van der Waals surface area (Å²) in [7, 11) is 3.18. The molecule has 0 saturated carbocycles.